The topological polar surface area (TPSA) is 15.3 Å². The molecule has 2 aliphatic rings. The predicted octanol–water partition coefficient (Wildman–Crippen LogP) is 4.08. The lowest BCUT2D eigenvalue weighted by molar-refractivity contribution is 0.0709. The molecule has 1 aromatic rings. The minimum Gasteiger partial charge on any atom is -0.308 e. The van der Waals surface area contributed by atoms with Crippen molar-refractivity contribution in [3.8, 4) is 0 Å². The van der Waals surface area contributed by atoms with Gasteiger partial charge in [-0.2, -0.15) is 0 Å². The van der Waals surface area contributed by atoms with Gasteiger partial charge in [0.25, 0.3) is 0 Å². The first kappa shape index (κ1) is 15.4. The van der Waals surface area contributed by atoms with E-state index in [-0.39, 0.29) is 11.4 Å². The van der Waals surface area contributed by atoms with Gasteiger partial charge in [0.15, 0.2) is 0 Å². The Hall–Kier alpha value is -0.450. The summed E-state index contributed by atoms with van der Waals surface area (Å²) in [5, 5.41) is 3.79. The SMILES string of the molecule is CCC1CNC2(CCCC2)CN1Cc1ccc(Br)cc1F. The van der Waals surface area contributed by atoms with Gasteiger partial charge in [-0.15, -0.1) is 0 Å². The van der Waals surface area contributed by atoms with E-state index in [4.69, 9.17) is 0 Å². The second-order valence-electron chi connectivity index (χ2n) is 6.57. The van der Waals surface area contributed by atoms with Crippen LogP contribution in [0.4, 0.5) is 4.39 Å². The van der Waals surface area contributed by atoms with Crippen molar-refractivity contribution in [3.05, 3.63) is 34.1 Å². The third kappa shape index (κ3) is 3.33. The molecule has 0 radical (unpaired) electrons. The second-order valence-corrected chi connectivity index (χ2v) is 7.49. The molecule has 21 heavy (non-hydrogen) atoms. The number of piperazine rings is 1. The number of benzene rings is 1. The molecule has 3 rings (SSSR count). The Balaban J connectivity index is 1.76. The zero-order chi connectivity index (χ0) is 14.9. The Morgan fingerprint density at radius 1 is 1.38 bits per heavy atom. The summed E-state index contributed by atoms with van der Waals surface area (Å²) in [4.78, 5) is 2.49. The van der Waals surface area contributed by atoms with Gasteiger partial charge in [-0.3, -0.25) is 4.90 Å². The van der Waals surface area contributed by atoms with Gasteiger partial charge in [0.05, 0.1) is 0 Å². The molecule has 2 fully saturated rings. The summed E-state index contributed by atoms with van der Waals surface area (Å²) >= 11 is 3.33. The van der Waals surface area contributed by atoms with Crippen molar-refractivity contribution in [2.45, 2.75) is 57.2 Å². The van der Waals surface area contributed by atoms with Crippen molar-refractivity contribution < 1.29 is 4.39 Å². The Labute approximate surface area is 135 Å². The number of halogens is 2. The normalized spacial score (nSPS) is 25.6. The summed E-state index contributed by atoms with van der Waals surface area (Å²) in [5.74, 6) is -0.0989. The molecule has 116 valence electrons. The molecule has 1 unspecified atom stereocenters. The Morgan fingerprint density at radius 2 is 2.14 bits per heavy atom. The lowest BCUT2D eigenvalue weighted by Crippen LogP contribution is -2.62. The lowest BCUT2D eigenvalue weighted by Gasteiger charge is -2.46. The lowest BCUT2D eigenvalue weighted by atomic mass is 9.91. The summed E-state index contributed by atoms with van der Waals surface area (Å²) in [5.41, 5.74) is 1.10. The maximum Gasteiger partial charge on any atom is 0.128 e. The highest BCUT2D eigenvalue weighted by Crippen LogP contribution is 2.34. The molecule has 4 heteroatoms. The standard InChI is InChI=1S/C17H24BrFN2/c1-2-15-10-20-17(7-3-4-8-17)12-21(15)11-13-5-6-14(18)9-16(13)19/h5-6,9,15,20H,2-4,7-8,10-12H2,1H3. The zero-order valence-electron chi connectivity index (χ0n) is 12.7. The van der Waals surface area contributed by atoms with Gasteiger partial charge in [-0.1, -0.05) is 41.8 Å². The summed E-state index contributed by atoms with van der Waals surface area (Å²) in [7, 11) is 0. The van der Waals surface area contributed by atoms with Crippen molar-refractivity contribution in [2.24, 2.45) is 0 Å². The van der Waals surface area contributed by atoms with Crippen molar-refractivity contribution in [1.82, 2.24) is 10.2 Å². The predicted molar refractivity (Wildman–Crippen MR) is 87.8 cm³/mol. The van der Waals surface area contributed by atoms with E-state index >= 15 is 0 Å². The maximum absolute atomic E-state index is 14.1. The molecule has 0 aromatic heterocycles. The number of hydrogen-bond donors (Lipinski definition) is 1. The number of nitrogens with zero attached hydrogens (tertiary/aromatic N) is 1. The second kappa shape index (κ2) is 6.35. The minimum absolute atomic E-state index is 0.0989. The van der Waals surface area contributed by atoms with Crippen LogP contribution in [0.5, 0.6) is 0 Å². The van der Waals surface area contributed by atoms with Crippen LogP contribution in [0.1, 0.15) is 44.6 Å². The van der Waals surface area contributed by atoms with Gasteiger partial charge in [-0.05, 0) is 31.4 Å². The van der Waals surface area contributed by atoms with Gasteiger partial charge in [0, 0.05) is 41.3 Å². The van der Waals surface area contributed by atoms with E-state index in [1.54, 1.807) is 6.07 Å². The molecule has 0 amide bonds. The first-order chi connectivity index (χ1) is 10.1. The Morgan fingerprint density at radius 3 is 2.81 bits per heavy atom. The number of nitrogens with one attached hydrogen (secondary N) is 1. The van der Waals surface area contributed by atoms with Crippen LogP contribution < -0.4 is 5.32 Å². The molecular formula is C17H24BrFN2. The van der Waals surface area contributed by atoms with E-state index in [1.807, 2.05) is 12.1 Å². The van der Waals surface area contributed by atoms with Crippen LogP contribution in [0.3, 0.4) is 0 Å². The molecule has 0 bridgehead atoms. The number of hydrogen-bond acceptors (Lipinski definition) is 2. The van der Waals surface area contributed by atoms with Crippen LogP contribution >= 0.6 is 15.9 Å². The van der Waals surface area contributed by atoms with Gasteiger partial charge in [0.1, 0.15) is 5.82 Å². The molecule has 1 saturated heterocycles. The van der Waals surface area contributed by atoms with E-state index in [0.717, 1.165) is 36.1 Å². The fourth-order valence-corrected chi connectivity index (χ4v) is 4.21. The van der Waals surface area contributed by atoms with Gasteiger partial charge >= 0.3 is 0 Å². The van der Waals surface area contributed by atoms with Gasteiger partial charge < -0.3 is 5.32 Å². The molecule has 1 heterocycles. The third-order valence-corrected chi connectivity index (χ3v) is 5.65. The van der Waals surface area contributed by atoms with E-state index in [9.17, 15) is 4.39 Å². The molecule has 1 saturated carbocycles. The largest absolute Gasteiger partial charge is 0.308 e. The molecule has 1 aromatic carbocycles. The fourth-order valence-electron chi connectivity index (χ4n) is 3.88. The molecule has 1 atom stereocenters. The van der Waals surface area contributed by atoms with E-state index in [2.05, 4.69) is 33.1 Å². The highest BCUT2D eigenvalue weighted by Gasteiger charge is 2.40. The average molecular weight is 355 g/mol. The molecule has 1 spiro atoms. The quantitative estimate of drug-likeness (QED) is 0.879. The monoisotopic (exact) mass is 354 g/mol. The van der Waals surface area contributed by atoms with Crippen LogP contribution in [0, 0.1) is 5.82 Å². The van der Waals surface area contributed by atoms with E-state index < -0.39 is 0 Å². The average Bonchev–Trinajstić information content (AvgIpc) is 2.90. The van der Waals surface area contributed by atoms with E-state index in [1.165, 1.54) is 25.7 Å². The van der Waals surface area contributed by atoms with Crippen molar-refractivity contribution in [1.29, 1.82) is 0 Å². The van der Waals surface area contributed by atoms with Crippen LogP contribution in [0.2, 0.25) is 0 Å². The first-order valence-electron chi connectivity index (χ1n) is 8.05. The van der Waals surface area contributed by atoms with Crippen LogP contribution in [0.25, 0.3) is 0 Å². The smallest absolute Gasteiger partial charge is 0.128 e. The van der Waals surface area contributed by atoms with Gasteiger partial charge in [-0.25, -0.2) is 4.39 Å². The van der Waals surface area contributed by atoms with Crippen molar-refractivity contribution >= 4 is 15.9 Å². The Bertz CT molecular complexity index is 500. The Kier molecular flexibility index (Phi) is 4.67. The molecule has 1 N–H and O–H groups in total. The highest BCUT2D eigenvalue weighted by atomic mass is 79.9. The van der Waals surface area contributed by atoms with Crippen molar-refractivity contribution in [3.63, 3.8) is 0 Å². The summed E-state index contributed by atoms with van der Waals surface area (Å²) in [6, 6.07) is 5.94. The third-order valence-electron chi connectivity index (χ3n) is 5.16. The van der Waals surface area contributed by atoms with Crippen LogP contribution in [0.15, 0.2) is 22.7 Å². The summed E-state index contributed by atoms with van der Waals surface area (Å²) < 4.78 is 14.9. The molecule has 1 aliphatic carbocycles. The van der Waals surface area contributed by atoms with Gasteiger partial charge in [0.2, 0.25) is 0 Å². The van der Waals surface area contributed by atoms with Crippen molar-refractivity contribution in [2.75, 3.05) is 13.1 Å². The number of rotatable bonds is 3. The maximum atomic E-state index is 14.1. The van der Waals surface area contributed by atoms with Crippen LogP contribution in [-0.4, -0.2) is 29.6 Å². The van der Waals surface area contributed by atoms with Crippen LogP contribution in [-0.2, 0) is 6.54 Å². The molecule has 2 nitrogen and oxygen atoms in total. The zero-order valence-corrected chi connectivity index (χ0v) is 14.3. The van der Waals surface area contributed by atoms with E-state index in [0.29, 0.717) is 6.04 Å². The molecule has 1 aliphatic heterocycles. The fraction of sp³-hybridized carbons (Fsp3) is 0.647. The summed E-state index contributed by atoms with van der Waals surface area (Å²) in [6.07, 6.45) is 6.29. The minimum atomic E-state index is -0.0989. The highest BCUT2D eigenvalue weighted by molar-refractivity contribution is 9.10. The first-order valence-corrected chi connectivity index (χ1v) is 8.84. The molecular weight excluding hydrogens is 331 g/mol. The summed E-state index contributed by atoms with van der Waals surface area (Å²) in [6.45, 7) is 5.04.